The molecule has 2 aliphatic rings. The molecular formula is C19H29F3N6. The number of halogens is 3. The van der Waals surface area contributed by atoms with Crippen LogP contribution in [0.5, 0.6) is 0 Å². The van der Waals surface area contributed by atoms with Crippen molar-refractivity contribution in [1.82, 2.24) is 20.1 Å². The lowest BCUT2D eigenvalue weighted by Gasteiger charge is -2.39. The first-order valence-corrected chi connectivity index (χ1v) is 9.84. The van der Waals surface area contributed by atoms with Crippen molar-refractivity contribution >= 4 is 11.8 Å². The van der Waals surface area contributed by atoms with Crippen LogP contribution in [-0.2, 0) is 6.54 Å². The van der Waals surface area contributed by atoms with Gasteiger partial charge in [0.25, 0.3) is 0 Å². The summed E-state index contributed by atoms with van der Waals surface area (Å²) >= 11 is 0. The molecule has 0 bridgehead atoms. The number of hydrogen-bond donors (Lipinski definition) is 1. The maximum Gasteiger partial charge on any atom is 0.403 e. The zero-order valence-electron chi connectivity index (χ0n) is 16.5. The highest BCUT2D eigenvalue weighted by atomic mass is 19.4. The van der Waals surface area contributed by atoms with Crippen LogP contribution in [0.25, 0.3) is 0 Å². The van der Waals surface area contributed by atoms with Crippen molar-refractivity contribution in [2.75, 3.05) is 51.2 Å². The molecule has 3 heterocycles. The van der Waals surface area contributed by atoms with E-state index < -0.39 is 12.2 Å². The summed E-state index contributed by atoms with van der Waals surface area (Å²) in [6.45, 7) is 5.72. The Morgan fingerprint density at radius 1 is 1.18 bits per heavy atom. The van der Waals surface area contributed by atoms with Crippen LogP contribution in [0.2, 0.25) is 0 Å². The monoisotopic (exact) mass is 398 g/mol. The number of rotatable bonds is 4. The molecule has 0 saturated carbocycles. The Hall–Kier alpha value is -2.03. The minimum Gasteiger partial charge on any atom is -0.357 e. The molecule has 0 radical (unpaired) electrons. The second kappa shape index (κ2) is 8.98. The summed E-state index contributed by atoms with van der Waals surface area (Å²) in [5.41, 5.74) is 1.11. The molecule has 1 aromatic heterocycles. The van der Waals surface area contributed by atoms with Crippen molar-refractivity contribution < 1.29 is 13.2 Å². The van der Waals surface area contributed by atoms with E-state index in [0.717, 1.165) is 30.4 Å². The van der Waals surface area contributed by atoms with E-state index in [1.54, 1.807) is 7.05 Å². The SMILES string of the molecule is CN=C(NCc1ccnc(N2CCCC2)c1)N1CCN(C(C)C(F)(F)F)CC1. The van der Waals surface area contributed by atoms with Crippen molar-refractivity contribution in [1.29, 1.82) is 0 Å². The van der Waals surface area contributed by atoms with E-state index >= 15 is 0 Å². The molecule has 156 valence electrons. The van der Waals surface area contributed by atoms with Gasteiger partial charge < -0.3 is 15.1 Å². The number of nitrogens with one attached hydrogen (secondary N) is 1. The fraction of sp³-hybridized carbons (Fsp3) is 0.684. The minimum absolute atomic E-state index is 0.371. The zero-order chi connectivity index (χ0) is 20.1. The van der Waals surface area contributed by atoms with Crippen LogP contribution in [0.1, 0.15) is 25.3 Å². The van der Waals surface area contributed by atoms with Crippen molar-refractivity contribution in [2.24, 2.45) is 4.99 Å². The Labute approximate surface area is 164 Å². The fourth-order valence-electron chi connectivity index (χ4n) is 3.73. The van der Waals surface area contributed by atoms with Crippen LogP contribution in [0.15, 0.2) is 23.3 Å². The summed E-state index contributed by atoms with van der Waals surface area (Å²) in [6.07, 6.45) is 0.0483. The smallest absolute Gasteiger partial charge is 0.357 e. The summed E-state index contributed by atoms with van der Waals surface area (Å²) in [4.78, 5) is 14.6. The molecule has 1 unspecified atom stereocenters. The third-order valence-electron chi connectivity index (χ3n) is 5.54. The maximum absolute atomic E-state index is 12.9. The van der Waals surface area contributed by atoms with Gasteiger partial charge in [0.05, 0.1) is 0 Å². The molecule has 0 amide bonds. The lowest BCUT2D eigenvalue weighted by atomic mass is 10.2. The maximum atomic E-state index is 12.9. The van der Waals surface area contributed by atoms with Gasteiger partial charge in [0.15, 0.2) is 5.96 Å². The van der Waals surface area contributed by atoms with Crippen molar-refractivity contribution in [3.8, 4) is 0 Å². The highest BCUT2D eigenvalue weighted by Crippen LogP contribution is 2.25. The molecule has 6 nitrogen and oxygen atoms in total. The molecule has 2 aliphatic heterocycles. The van der Waals surface area contributed by atoms with Crippen LogP contribution in [0, 0.1) is 0 Å². The lowest BCUT2D eigenvalue weighted by Crippen LogP contribution is -2.56. The van der Waals surface area contributed by atoms with Crippen LogP contribution < -0.4 is 10.2 Å². The number of guanidine groups is 1. The van der Waals surface area contributed by atoms with E-state index in [1.165, 1.54) is 24.7 Å². The number of nitrogens with zero attached hydrogens (tertiary/aromatic N) is 5. The molecule has 1 atom stereocenters. The predicted octanol–water partition coefficient (Wildman–Crippen LogP) is 2.33. The van der Waals surface area contributed by atoms with Gasteiger partial charge in [0.1, 0.15) is 11.9 Å². The fourth-order valence-corrected chi connectivity index (χ4v) is 3.73. The first-order chi connectivity index (χ1) is 13.4. The minimum atomic E-state index is -4.18. The number of pyridine rings is 1. The molecule has 0 aromatic carbocycles. The molecule has 1 aromatic rings. The summed E-state index contributed by atoms with van der Waals surface area (Å²) < 4.78 is 38.7. The number of aliphatic imine (C=N–C) groups is 1. The van der Waals surface area contributed by atoms with E-state index in [0.29, 0.717) is 32.7 Å². The molecule has 0 spiro atoms. The highest BCUT2D eigenvalue weighted by Gasteiger charge is 2.41. The molecule has 1 N–H and O–H groups in total. The van der Waals surface area contributed by atoms with Gasteiger partial charge in [-0.05, 0) is 37.5 Å². The molecule has 0 aliphatic carbocycles. The Kier molecular flexibility index (Phi) is 6.64. The third kappa shape index (κ3) is 5.06. The van der Waals surface area contributed by atoms with E-state index in [1.807, 2.05) is 17.2 Å². The van der Waals surface area contributed by atoms with Gasteiger partial charge in [-0.15, -0.1) is 0 Å². The predicted molar refractivity (Wildman–Crippen MR) is 105 cm³/mol. The molecule has 9 heteroatoms. The number of anilines is 1. The normalized spacial score (nSPS) is 20.5. The molecule has 3 rings (SSSR count). The molecule has 28 heavy (non-hydrogen) atoms. The Bertz CT molecular complexity index is 664. The van der Waals surface area contributed by atoms with Gasteiger partial charge >= 0.3 is 6.18 Å². The van der Waals surface area contributed by atoms with E-state index in [2.05, 4.69) is 26.3 Å². The van der Waals surface area contributed by atoms with Gasteiger partial charge in [-0.3, -0.25) is 9.89 Å². The van der Waals surface area contributed by atoms with Crippen LogP contribution in [-0.4, -0.2) is 79.3 Å². The van der Waals surface area contributed by atoms with E-state index in [9.17, 15) is 13.2 Å². The molecular weight excluding hydrogens is 369 g/mol. The Morgan fingerprint density at radius 2 is 1.86 bits per heavy atom. The van der Waals surface area contributed by atoms with Gasteiger partial charge in [0.2, 0.25) is 0 Å². The number of aromatic nitrogens is 1. The van der Waals surface area contributed by atoms with Gasteiger partial charge in [-0.2, -0.15) is 13.2 Å². The number of alkyl halides is 3. The molecule has 2 fully saturated rings. The summed E-state index contributed by atoms with van der Waals surface area (Å²) in [5.74, 6) is 1.72. The van der Waals surface area contributed by atoms with Crippen molar-refractivity contribution in [3.05, 3.63) is 23.9 Å². The molecule has 2 saturated heterocycles. The van der Waals surface area contributed by atoms with Crippen LogP contribution in [0.4, 0.5) is 19.0 Å². The number of hydrogen-bond acceptors (Lipinski definition) is 4. The summed E-state index contributed by atoms with van der Waals surface area (Å²) in [5, 5.41) is 3.34. The average Bonchev–Trinajstić information content (AvgIpc) is 3.23. The van der Waals surface area contributed by atoms with Crippen molar-refractivity contribution in [3.63, 3.8) is 0 Å². The zero-order valence-corrected chi connectivity index (χ0v) is 16.5. The largest absolute Gasteiger partial charge is 0.403 e. The Morgan fingerprint density at radius 3 is 2.46 bits per heavy atom. The summed E-state index contributed by atoms with van der Waals surface area (Å²) in [6, 6.07) is 2.66. The van der Waals surface area contributed by atoms with Gasteiger partial charge in [-0.25, -0.2) is 4.98 Å². The van der Waals surface area contributed by atoms with E-state index in [-0.39, 0.29) is 0 Å². The topological polar surface area (TPSA) is 47.0 Å². The van der Waals surface area contributed by atoms with Crippen LogP contribution in [0.3, 0.4) is 0 Å². The quantitative estimate of drug-likeness (QED) is 0.623. The van der Waals surface area contributed by atoms with Gasteiger partial charge in [-0.1, -0.05) is 0 Å². The summed E-state index contributed by atoms with van der Waals surface area (Å²) in [7, 11) is 1.70. The number of piperazine rings is 1. The first kappa shape index (κ1) is 20.7. The lowest BCUT2D eigenvalue weighted by molar-refractivity contribution is -0.181. The second-order valence-corrected chi connectivity index (χ2v) is 7.36. The average molecular weight is 398 g/mol. The third-order valence-corrected chi connectivity index (χ3v) is 5.54. The second-order valence-electron chi connectivity index (χ2n) is 7.36. The standard InChI is InChI=1S/C19H29F3N6/c1-15(19(20,21)22)26-9-11-28(12-10-26)18(23-2)25-14-16-5-6-24-17(13-16)27-7-3-4-8-27/h5-6,13,15H,3-4,7-12,14H2,1-2H3,(H,23,25). The van der Waals surface area contributed by atoms with Crippen molar-refractivity contribution in [2.45, 2.75) is 38.5 Å². The Balaban J connectivity index is 1.52. The van der Waals surface area contributed by atoms with Crippen LogP contribution >= 0.6 is 0 Å². The first-order valence-electron chi connectivity index (χ1n) is 9.84. The highest BCUT2D eigenvalue weighted by molar-refractivity contribution is 5.80. The van der Waals surface area contributed by atoms with E-state index in [4.69, 9.17) is 0 Å². The van der Waals surface area contributed by atoms with Gasteiger partial charge in [0, 0.05) is 59.1 Å².